The first-order chi connectivity index (χ1) is 16.6. The summed E-state index contributed by atoms with van der Waals surface area (Å²) in [5, 5.41) is 22.1. The average Bonchev–Trinajstić information content (AvgIpc) is 2.81. The zero-order chi connectivity index (χ0) is 25.6. The summed E-state index contributed by atoms with van der Waals surface area (Å²) in [7, 11) is 0. The second-order valence-corrected chi connectivity index (χ2v) is 10.1. The van der Waals surface area contributed by atoms with Crippen molar-refractivity contribution >= 4 is 57.3 Å². The van der Waals surface area contributed by atoms with Gasteiger partial charge in [0, 0.05) is 41.7 Å². The number of carbonyl (C=O) groups is 3. The van der Waals surface area contributed by atoms with Crippen molar-refractivity contribution in [1.82, 2.24) is 20.9 Å². The largest absolute Gasteiger partial charge is 0.506 e. The third kappa shape index (κ3) is 7.40. The van der Waals surface area contributed by atoms with Gasteiger partial charge in [-0.15, -0.1) is 0 Å². The first-order valence-electron chi connectivity index (χ1n) is 10.8. The van der Waals surface area contributed by atoms with E-state index in [1.165, 1.54) is 18.3 Å². The van der Waals surface area contributed by atoms with Crippen LogP contribution in [0.4, 0.5) is 5.69 Å². The van der Waals surface area contributed by atoms with Crippen LogP contribution in [-0.4, -0.2) is 53.8 Å². The van der Waals surface area contributed by atoms with Crippen LogP contribution in [0.25, 0.3) is 0 Å². The smallest absolute Gasteiger partial charge is 0.253 e. The Bertz CT molecular complexity index is 1160. The fourth-order valence-electron chi connectivity index (χ4n) is 3.30. The van der Waals surface area contributed by atoms with Gasteiger partial charge in [0.15, 0.2) is 5.96 Å². The molecule has 2 heterocycles. The maximum absolute atomic E-state index is 12.6. The van der Waals surface area contributed by atoms with Gasteiger partial charge in [0.05, 0.1) is 34.5 Å². The SMILES string of the molecule is CC1(C)CN=C(Nc2cncc(C(=O)NCC(=O)NC(CC=O)c3cc(Cl)cc(Br)c3O)c2)NC1. The van der Waals surface area contributed by atoms with Crippen LogP contribution in [0.1, 0.15) is 42.2 Å². The Morgan fingerprint density at radius 3 is 2.77 bits per heavy atom. The molecule has 2 aromatic rings. The summed E-state index contributed by atoms with van der Waals surface area (Å²) < 4.78 is 0.331. The molecule has 0 spiro atoms. The van der Waals surface area contributed by atoms with Crippen LogP contribution in [0.3, 0.4) is 0 Å². The van der Waals surface area contributed by atoms with Crippen molar-refractivity contribution < 1.29 is 19.5 Å². The predicted molar refractivity (Wildman–Crippen MR) is 137 cm³/mol. The number of hydrogen-bond donors (Lipinski definition) is 5. The monoisotopic (exact) mass is 564 g/mol. The highest BCUT2D eigenvalue weighted by Crippen LogP contribution is 2.36. The Morgan fingerprint density at radius 1 is 1.31 bits per heavy atom. The van der Waals surface area contributed by atoms with Crippen molar-refractivity contribution in [2.24, 2.45) is 10.4 Å². The van der Waals surface area contributed by atoms with E-state index >= 15 is 0 Å². The lowest BCUT2D eigenvalue weighted by Gasteiger charge is -2.29. The van der Waals surface area contributed by atoms with Gasteiger partial charge < -0.3 is 31.2 Å². The highest BCUT2D eigenvalue weighted by molar-refractivity contribution is 9.10. The molecule has 10 nitrogen and oxygen atoms in total. The third-order valence-corrected chi connectivity index (χ3v) is 6.00. The molecule has 1 unspecified atom stereocenters. The van der Waals surface area contributed by atoms with Crippen LogP contribution in [0.2, 0.25) is 5.02 Å². The number of phenols is 1. The number of anilines is 1. The van der Waals surface area contributed by atoms with Gasteiger partial charge in [0.1, 0.15) is 12.0 Å². The van der Waals surface area contributed by atoms with E-state index in [4.69, 9.17) is 11.6 Å². The van der Waals surface area contributed by atoms with Crippen LogP contribution in [0.5, 0.6) is 5.75 Å². The number of phenolic OH excluding ortho intramolecular Hbond substituents is 1. The molecule has 1 atom stereocenters. The van der Waals surface area contributed by atoms with E-state index in [-0.39, 0.29) is 35.3 Å². The molecule has 0 radical (unpaired) electrons. The maximum Gasteiger partial charge on any atom is 0.253 e. The first kappa shape index (κ1) is 26.4. The number of carbonyl (C=O) groups excluding carboxylic acids is 3. The van der Waals surface area contributed by atoms with Crippen molar-refractivity contribution in [3.05, 3.63) is 51.2 Å². The van der Waals surface area contributed by atoms with E-state index in [2.05, 4.69) is 61.0 Å². The average molecular weight is 566 g/mol. The summed E-state index contributed by atoms with van der Waals surface area (Å²) in [6, 6.07) is 3.73. The topological polar surface area (TPSA) is 145 Å². The molecular weight excluding hydrogens is 540 g/mol. The van der Waals surface area contributed by atoms with Crippen molar-refractivity contribution in [1.29, 1.82) is 0 Å². The number of aromatic hydroxyl groups is 1. The summed E-state index contributed by atoms with van der Waals surface area (Å²) in [6.07, 6.45) is 3.47. The van der Waals surface area contributed by atoms with Gasteiger partial charge in [-0.25, -0.2) is 0 Å². The Kier molecular flexibility index (Phi) is 8.68. The van der Waals surface area contributed by atoms with Gasteiger partial charge in [0.25, 0.3) is 5.91 Å². The highest BCUT2D eigenvalue weighted by Gasteiger charge is 2.23. The molecule has 0 bridgehead atoms. The Hall–Kier alpha value is -3.18. The summed E-state index contributed by atoms with van der Waals surface area (Å²) in [5.41, 5.74) is 1.17. The number of aromatic nitrogens is 1. The van der Waals surface area contributed by atoms with Crippen LogP contribution in [0, 0.1) is 5.41 Å². The number of aliphatic imine (C=N–C) groups is 1. The van der Waals surface area contributed by atoms with E-state index in [9.17, 15) is 19.5 Å². The lowest BCUT2D eigenvalue weighted by atomic mass is 9.93. The van der Waals surface area contributed by atoms with E-state index < -0.39 is 17.9 Å². The first-order valence-corrected chi connectivity index (χ1v) is 11.9. The minimum atomic E-state index is -0.824. The lowest BCUT2D eigenvalue weighted by Crippen LogP contribution is -2.44. The fraction of sp³-hybridized carbons (Fsp3) is 0.348. The highest BCUT2D eigenvalue weighted by atomic mass is 79.9. The molecule has 35 heavy (non-hydrogen) atoms. The standard InChI is InChI=1S/C23H26BrClN6O4/c1-23(2)11-28-22(29-12-23)30-15-5-13(8-26-9-15)21(35)27-10-19(33)31-18(3-4-32)16-6-14(25)7-17(24)20(16)34/h4-9,18,34H,3,10-12H2,1-2H3,(H,27,35)(H,31,33)(H2,28,29,30). The predicted octanol–water partition coefficient (Wildman–Crippen LogP) is 2.78. The molecule has 5 N–H and O–H groups in total. The number of benzene rings is 1. The zero-order valence-electron chi connectivity index (χ0n) is 19.2. The minimum Gasteiger partial charge on any atom is -0.506 e. The van der Waals surface area contributed by atoms with Gasteiger partial charge in [-0.3, -0.25) is 19.6 Å². The third-order valence-electron chi connectivity index (χ3n) is 5.17. The van der Waals surface area contributed by atoms with E-state index in [1.807, 2.05) is 0 Å². The second kappa shape index (κ2) is 11.5. The number of rotatable bonds is 8. The molecule has 1 aliphatic heterocycles. The molecular formula is C23H26BrClN6O4. The second-order valence-electron chi connectivity index (χ2n) is 8.80. The molecule has 0 saturated carbocycles. The zero-order valence-corrected chi connectivity index (χ0v) is 21.5. The lowest BCUT2D eigenvalue weighted by molar-refractivity contribution is -0.121. The number of aldehydes is 1. The van der Waals surface area contributed by atoms with Crippen LogP contribution in [-0.2, 0) is 9.59 Å². The van der Waals surface area contributed by atoms with Crippen molar-refractivity contribution in [3.63, 3.8) is 0 Å². The van der Waals surface area contributed by atoms with Gasteiger partial charge >= 0.3 is 0 Å². The molecule has 0 aliphatic carbocycles. The minimum absolute atomic E-state index is 0.0679. The summed E-state index contributed by atoms with van der Waals surface area (Å²) >= 11 is 9.22. The molecule has 0 saturated heterocycles. The van der Waals surface area contributed by atoms with E-state index in [0.717, 1.165) is 6.54 Å². The molecule has 186 valence electrons. The number of halogens is 2. The van der Waals surface area contributed by atoms with Gasteiger partial charge in [-0.05, 0) is 34.1 Å². The molecule has 3 rings (SSSR count). The molecule has 1 aromatic heterocycles. The van der Waals surface area contributed by atoms with Crippen molar-refractivity contribution in [2.75, 3.05) is 25.0 Å². The molecule has 2 amide bonds. The summed E-state index contributed by atoms with van der Waals surface area (Å²) in [5.74, 6) is -0.593. The summed E-state index contributed by atoms with van der Waals surface area (Å²) in [6.45, 7) is 5.30. The Labute approximate surface area is 216 Å². The van der Waals surface area contributed by atoms with E-state index in [0.29, 0.717) is 34.0 Å². The number of nitrogens with one attached hydrogen (secondary N) is 4. The van der Waals surface area contributed by atoms with Gasteiger partial charge in [-0.1, -0.05) is 25.4 Å². The fourth-order valence-corrected chi connectivity index (χ4v) is 4.13. The molecule has 1 aromatic carbocycles. The van der Waals surface area contributed by atoms with Crippen molar-refractivity contribution in [3.8, 4) is 5.75 Å². The van der Waals surface area contributed by atoms with Crippen LogP contribution >= 0.6 is 27.5 Å². The normalized spacial score (nSPS) is 15.3. The van der Waals surface area contributed by atoms with E-state index in [1.54, 1.807) is 12.3 Å². The van der Waals surface area contributed by atoms with Gasteiger partial charge in [-0.2, -0.15) is 0 Å². The Morgan fingerprint density at radius 2 is 2.09 bits per heavy atom. The van der Waals surface area contributed by atoms with Crippen LogP contribution in [0.15, 0.2) is 40.1 Å². The number of amides is 2. The number of nitrogens with zero attached hydrogens (tertiary/aromatic N) is 2. The summed E-state index contributed by atoms with van der Waals surface area (Å²) in [4.78, 5) is 44.7. The molecule has 1 aliphatic rings. The number of pyridine rings is 1. The quantitative estimate of drug-likeness (QED) is 0.310. The van der Waals surface area contributed by atoms with Crippen molar-refractivity contribution in [2.45, 2.75) is 26.3 Å². The van der Waals surface area contributed by atoms with Crippen LogP contribution < -0.4 is 21.3 Å². The maximum atomic E-state index is 12.6. The Balaban J connectivity index is 1.60. The number of guanidine groups is 1. The molecule has 12 heteroatoms. The van der Waals surface area contributed by atoms with Gasteiger partial charge in [0.2, 0.25) is 5.91 Å². The molecule has 0 fully saturated rings. The number of hydrogen-bond acceptors (Lipinski definition) is 8.